The topological polar surface area (TPSA) is 97.6 Å². The van der Waals surface area contributed by atoms with Crippen LogP contribution in [-0.2, 0) is 16.6 Å². The fraction of sp³-hybridized carbons (Fsp3) is 0.150. The number of sulfonamides is 1. The SMILES string of the molecule is COc1ccc(NS(=O)(=O)c2ccc(C)c(C(=O)NCc3ccco3)c2)cc1. The Bertz CT molecular complexity index is 1060. The van der Waals surface area contributed by atoms with E-state index in [1.54, 1.807) is 49.4 Å². The Morgan fingerprint density at radius 1 is 1.11 bits per heavy atom. The van der Waals surface area contributed by atoms with Gasteiger partial charge in [-0.2, -0.15) is 0 Å². The van der Waals surface area contributed by atoms with E-state index >= 15 is 0 Å². The van der Waals surface area contributed by atoms with Crippen LogP contribution in [0, 0.1) is 6.92 Å². The van der Waals surface area contributed by atoms with Gasteiger partial charge in [0.25, 0.3) is 15.9 Å². The first-order valence-electron chi connectivity index (χ1n) is 8.47. The molecule has 2 aromatic carbocycles. The van der Waals surface area contributed by atoms with Crippen LogP contribution in [0.15, 0.2) is 70.2 Å². The molecule has 2 N–H and O–H groups in total. The minimum absolute atomic E-state index is 0.00272. The van der Waals surface area contributed by atoms with Crippen LogP contribution >= 0.6 is 0 Å². The number of hydrogen-bond acceptors (Lipinski definition) is 5. The highest BCUT2D eigenvalue weighted by Crippen LogP contribution is 2.21. The summed E-state index contributed by atoms with van der Waals surface area (Å²) in [5.74, 6) is 0.847. The molecule has 146 valence electrons. The quantitative estimate of drug-likeness (QED) is 0.634. The molecule has 0 aliphatic carbocycles. The van der Waals surface area contributed by atoms with E-state index in [0.29, 0.717) is 22.8 Å². The van der Waals surface area contributed by atoms with Gasteiger partial charge < -0.3 is 14.5 Å². The van der Waals surface area contributed by atoms with Gasteiger partial charge in [-0.1, -0.05) is 6.07 Å². The van der Waals surface area contributed by atoms with Crippen LogP contribution in [0.4, 0.5) is 5.69 Å². The fourth-order valence-electron chi connectivity index (χ4n) is 2.56. The second-order valence-electron chi connectivity index (χ2n) is 6.07. The van der Waals surface area contributed by atoms with Gasteiger partial charge in [0.2, 0.25) is 0 Å². The van der Waals surface area contributed by atoms with Crippen LogP contribution in [0.25, 0.3) is 0 Å². The van der Waals surface area contributed by atoms with Gasteiger partial charge in [0.05, 0.1) is 24.8 Å². The molecule has 1 amide bonds. The van der Waals surface area contributed by atoms with E-state index < -0.39 is 10.0 Å². The number of rotatable bonds is 7. The number of ether oxygens (including phenoxy) is 1. The van der Waals surface area contributed by atoms with Gasteiger partial charge >= 0.3 is 0 Å². The van der Waals surface area contributed by atoms with Crippen molar-refractivity contribution < 1.29 is 22.4 Å². The molecule has 0 bridgehead atoms. The molecule has 1 heterocycles. The largest absolute Gasteiger partial charge is 0.497 e. The molecule has 0 saturated carbocycles. The van der Waals surface area contributed by atoms with Crippen LogP contribution in [-0.4, -0.2) is 21.4 Å². The van der Waals surface area contributed by atoms with Crippen molar-refractivity contribution in [1.29, 1.82) is 0 Å². The van der Waals surface area contributed by atoms with Gasteiger partial charge in [0.15, 0.2) is 0 Å². The van der Waals surface area contributed by atoms with Crippen molar-refractivity contribution in [2.75, 3.05) is 11.8 Å². The number of carbonyl (C=O) groups excluding carboxylic acids is 1. The highest BCUT2D eigenvalue weighted by molar-refractivity contribution is 7.92. The highest BCUT2D eigenvalue weighted by Gasteiger charge is 2.18. The first kappa shape index (κ1) is 19.5. The number of methoxy groups -OCH3 is 1. The van der Waals surface area contributed by atoms with Gasteiger partial charge in [-0.05, 0) is 61.0 Å². The van der Waals surface area contributed by atoms with Crippen LogP contribution in [0.1, 0.15) is 21.7 Å². The van der Waals surface area contributed by atoms with E-state index in [0.717, 1.165) is 0 Å². The number of nitrogens with one attached hydrogen (secondary N) is 2. The van der Waals surface area contributed by atoms with Crippen LogP contribution < -0.4 is 14.8 Å². The number of anilines is 1. The van der Waals surface area contributed by atoms with Gasteiger partial charge in [-0.25, -0.2) is 8.42 Å². The third-order valence-electron chi connectivity index (χ3n) is 4.11. The summed E-state index contributed by atoms with van der Waals surface area (Å²) in [6, 6.07) is 14.4. The second kappa shape index (κ2) is 8.18. The molecule has 0 aliphatic heterocycles. The van der Waals surface area contributed by atoms with E-state index in [1.165, 1.54) is 25.5 Å². The molecule has 0 saturated heterocycles. The number of aryl methyl sites for hydroxylation is 1. The summed E-state index contributed by atoms with van der Waals surface area (Å²) in [6.45, 7) is 1.96. The number of benzene rings is 2. The maximum Gasteiger partial charge on any atom is 0.261 e. The molecular weight excluding hydrogens is 380 g/mol. The van der Waals surface area contributed by atoms with Gasteiger partial charge in [0, 0.05) is 11.3 Å². The predicted octanol–water partition coefficient (Wildman–Crippen LogP) is 3.33. The van der Waals surface area contributed by atoms with Crippen molar-refractivity contribution in [3.8, 4) is 5.75 Å². The van der Waals surface area contributed by atoms with Crippen LogP contribution in [0.3, 0.4) is 0 Å². The lowest BCUT2D eigenvalue weighted by Gasteiger charge is -2.12. The predicted molar refractivity (Wildman–Crippen MR) is 105 cm³/mol. The monoisotopic (exact) mass is 400 g/mol. The lowest BCUT2D eigenvalue weighted by molar-refractivity contribution is 0.0947. The number of amides is 1. The normalized spacial score (nSPS) is 11.1. The van der Waals surface area contributed by atoms with Crippen molar-refractivity contribution >= 4 is 21.6 Å². The molecule has 3 rings (SSSR count). The smallest absolute Gasteiger partial charge is 0.261 e. The molecule has 0 fully saturated rings. The van der Waals surface area contributed by atoms with Gasteiger partial charge in [-0.3, -0.25) is 9.52 Å². The first-order chi connectivity index (χ1) is 13.4. The Morgan fingerprint density at radius 2 is 1.86 bits per heavy atom. The first-order valence-corrected chi connectivity index (χ1v) is 9.95. The third-order valence-corrected chi connectivity index (χ3v) is 5.49. The highest BCUT2D eigenvalue weighted by atomic mass is 32.2. The molecule has 0 aliphatic rings. The summed E-state index contributed by atoms with van der Waals surface area (Å²) in [5.41, 5.74) is 1.34. The maximum absolute atomic E-state index is 12.7. The molecule has 0 spiro atoms. The molecular formula is C20H20N2O5S. The number of hydrogen-bond donors (Lipinski definition) is 2. The third kappa shape index (κ3) is 4.52. The van der Waals surface area contributed by atoms with E-state index in [4.69, 9.17) is 9.15 Å². The van der Waals surface area contributed by atoms with Gasteiger partial charge in [-0.15, -0.1) is 0 Å². The van der Waals surface area contributed by atoms with Crippen molar-refractivity contribution in [3.05, 3.63) is 77.7 Å². The van der Waals surface area contributed by atoms with Gasteiger partial charge in [0.1, 0.15) is 11.5 Å². The van der Waals surface area contributed by atoms with Crippen molar-refractivity contribution in [1.82, 2.24) is 5.32 Å². The Labute approximate surface area is 163 Å². The average Bonchev–Trinajstić information content (AvgIpc) is 3.20. The average molecular weight is 400 g/mol. The number of furan rings is 1. The summed E-state index contributed by atoms with van der Waals surface area (Å²) in [5, 5.41) is 2.72. The summed E-state index contributed by atoms with van der Waals surface area (Å²) in [4.78, 5) is 12.5. The van der Waals surface area contributed by atoms with E-state index in [1.807, 2.05) is 0 Å². The van der Waals surface area contributed by atoms with Crippen molar-refractivity contribution in [3.63, 3.8) is 0 Å². The molecule has 0 unspecified atom stereocenters. The molecule has 0 radical (unpaired) electrons. The lowest BCUT2D eigenvalue weighted by Crippen LogP contribution is -2.24. The Morgan fingerprint density at radius 3 is 2.50 bits per heavy atom. The van der Waals surface area contributed by atoms with Crippen molar-refractivity contribution in [2.24, 2.45) is 0 Å². The van der Waals surface area contributed by atoms with E-state index in [-0.39, 0.29) is 22.9 Å². The summed E-state index contributed by atoms with van der Waals surface area (Å²) in [7, 11) is -2.32. The summed E-state index contributed by atoms with van der Waals surface area (Å²) >= 11 is 0. The summed E-state index contributed by atoms with van der Waals surface area (Å²) in [6.07, 6.45) is 1.52. The number of carbonyl (C=O) groups is 1. The standard InChI is InChI=1S/C20H20N2O5S/c1-14-5-10-18(12-19(14)20(23)21-13-17-4-3-11-27-17)28(24,25)22-15-6-8-16(26-2)9-7-15/h3-12,22H,13H2,1-2H3,(H,21,23). The Balaban J connectivity index is 1.79. The minimum Gasteiger partial charge on any atom is -0.497 e. The molecule has 3 aromatic rings. The zero-order valence-electron chi connectivity index (χ0n) is 15.4. The molecule has 7 nitrogen and oxygen atoms in total. The van der Waals surface area contributed by atoms with Crippen LogP contribution in [0.5, 0.6) is 5.75 Å². The van der Waals surface area contributed by atoms with Crippen molar-refractivity contribution in [2.45, 2.75) is 18.4 Å². The molecule has 1 aromatic heterocycles. The molecule has 8 heteroatoms. The van der Waals surface area contributed by atoms with E-state index in [2.05, 4.69) is 10.0 Å². The van der Waals surface area contributed by atoms with E-state index in [9.17, 15) is 13.2 Å². The fourth-order valence-corrected chi connectivity index (χ4v) is 3.65. The molecule has 0 atom stereocenters. The second-order valence-corrected chi connectivity index (χ2v) is 7.76. The minimum atomic E-state index is -3.85. The maximum atomic E-state index is 12.7. The Hall–Kier alpha value is -3.26. The zero-order valence-corrected chi connectivity index (χ0v) is 16.2. The summed E-state index contributed by atoms with van der Waals surface area (Å²) < 4.78 is 38.1. The lowest BCUT2D eigenvalue weighted by atomic mass is 10.1. The van der Waals surface area contributed by atoms with Crippen LogP contribution in [0.2, 0.25) is 0 Å². The Kier molecular flexibility index (Phi) is 5.70. The molecule has 28 heavy (non-hydrogen) atoms. The zero-order chi connectivity index (χ0) is 20.1.